The minimum absolute atomic E-state index is 0.0394. The lowest BCUT2D eigenvalue weighted by molar-refractivity contribution is -0.0690. The van der Waals surface area contributed by atoms with E-state index in [0.29, 0.717) is 16.7 Å². The van der Waals surface area contributed by atoms with E-state index >= 15 is 0 Å². The Hall–Kier alpha value is -3.64. The van der Waals surface area contributed by atoms with Gasteiger partial charge in [0.2, 0.25) is 0 Å². The Morgan fingerprint density at radius 3 is 1.53 bits per heavy atom. The fourth-order valence-electron chi connectivity index (χ4n) is 6.79. The van der Waals surface area contributed by atoms with E-state index < -0.39 is 23.4 Å². The van der Waals surface area contributed by atoms with Crippen LogP contribution in [0.15, 0.2) is 148 Å². The summed E-state index contributed by atoms with van der Waals surface area (Å²) in [4.78, 5) is 29.5. The lowest BCUT2D eigenvalue weighted by Gasteiger charge is -2.51. The molecule has 0 heterocycles. The maximum Gasteiger partial charge on any atom is 0.169 e. The summed E-state index contributed by atoms with van der Waals surface area (Å²) in [5, 5.41) is 13.0. The third-order valence-electron chi connectivity index (χ3n) is 8.75. The van der Waals surface area contributed by atoms with Crippen LogP contribution in [0, 0.1) is 11.8 Å². The average molecular weight is 694 g/mol. The predicted molar refractivity (Wildman–Crippen MR) is 177 cm³/mol. The van der Waals surface area contributed by atoms with Crippen LogP contribution >= 0.6 is 31.9 Å². The molecular formula is C38H30Br2O3. The van der Waals surface area contributed by atoms with E-state index in [1.807, 2.05) is 127 Å². The lowest BCUT2D eigenvalue weighted by atomic mass is 9.52. The van der Waals surface area contributed by atoms with E-state index in [1.54, 1.807) is 12.1 Å². The number of benzene rings is 5. The van der Waals surface area contributed by atoms with E-state index in [0.717, 1.165) is 20.1 Å². The first kappa shape index (κ1) is 29.4. The van der Waals surface area contributed by atoms with Gasteiger partial charge in [0.05, 0.1) is 5.92 Å². The van der Waals surface area contributed by atoms with Crippen LogP contribution < -0.4 is 0 Å². The molecule has 43 heavy (non-hydrogen) atoms. The van der Waals surface area contributed by atoms with Crippen molar-refractivity contribution < 1.29 is 14.7 Å². The molecule has 0 amide bonds. The number of hydrogen-bond acceptors (Lipinski definition) is 3. The summed E-state index contributed by atoms with van der Waals surface area (Å²) in [7, 11) is 0. The number of hydrogen-bond donors (Lipinski definition) is 1. The minimum Gasteiger partial charge on any atom is -0.384 e. The normalized spacial score (nSPS) is 23.4. The molecule has 5 aromatic carbocycles. The van der Waals surface area contributed by atoms with Gasteiger partial charge in [-0.05, 0) is 53.3 Å². The molecule has 5 atom stereocenters. The van der Waals surface area contributed by atoms with Crippen molar-refractivity contribution in [2.24, 2.45) is 11.8 Å². The van der Waals surface area contributed by atoms with Crippen molar-refractivity contribution in [2.75, 3.05) is 0 Å². The van der Waals surface area contributed by atoms with Crippen molar-refractivity contribution in [2.45, 2.75) is 23.9 Å². The molecule has 6 rings (SSSR count). The van der Waals surface area contributed by atoms with Gasteiger partial charge in [0.1, 0.15) is 5.60 Å². The van der Waals surface area contributed by atoms with Gasteiger partial charge in [-0.2, -0.15) is 0 Å². The van der Waals surface area contributed by atoms with Crippen LogP contribution in [0.3, 0.4) is 0 Å². The quantitative estimate of drug-likeness (QED) is 0.173. The van der Waals surface area contributed by atoms with Crippen LogP contribution in [0.1, 0.15) is 55.7 Å². The summed E-state index contributed by atoms with van der Waals surface area (Å²) >= 11 is 7.11. The van der Waals surface area contributed by atoms with Gasteiger partial charge >= 0.3 is 0 Å². The molecule has 1 saturated carbocycles. The number of carbonyl (C=O) groups is 2. The molecule has 1 aliphatic carbocycles. The van der Waals surface area contributed by atoms with Crippen molar-refractivity contribution in [1.82, 2.24) is 0 Å². The standard InChI is InChI=1S/C38H30Br2O3/c39-30-20-16-25(17-21-30)32-24-38(43,29-14-8-3-9-15-29)35(37(42)28-12-6-2-7-13-28)33(26-18-22-31(40)23-19-26)34(32)36(41)27-10-4-1-5-11-27/h1-23,32-35,43H,24H2/t32-,33-,34-,35-,38+/m1/s1. The van der Waals surface area contributed by atoms with Crippen LogP contribution in [0.2, 0.25) is 0 Å². The van der Waals surface area contributed by atoms with Gasteiger partial charge in [0.25, 0.3) is 0 Å². The maximum absolute atomic E-state index is 14.7. The number of rotatable bonds is 7. The van der Waals surface area contributed by atoms with Gasteiger partial charge in [0, 0.05) is 31.9 Å². The zero-order chi connectivity index (χ0) is 30.0. The molecule has 0 radical (unpaired) electrons. The van der Waals surface area contributed by atoms with Crippen LogP contribution in [-0.4, -0.2) is 16.7 Å². The lowest BCUT2D eigenvalue weighted by Crippen LogP contribution is -2.53. The summed E-state index contributed by atoms with van der Waals surface area (Å²) in [6.45, 7) is 0. The second-order valence-corrected chi connectivity index (χ2v) is 13.0. The molecule has 0 aromatic heterocycles. The Morgan fingerprint density at radius 2 is 1.02 bits per heavy atom. The van der Waals surface area contributed by atoms with Crippen LogP contribution in [-0.2, 0) is 5.60 Å². The van der Waals surface area contributed by atoms with Gasteiger partial charge in [-0.1, -0.05) is 147 Å². The third kappa shape index (κ3) is 5.82. The number of carbonyl (C=O) groups excluding carboxylic acids is 2. The largest absolute Gasteiger partial charge is 0.384 e. The Balaban J connectivity index is 1.65. The molecule has 3 nitrogen and oxygen atoms in total. The van der Waals surface area contributed by atoms with E-state index in [-0.39, 0.29) is 23.9 Å². The average Bonchev–Trinajstić information content (AvgIpc) is 3.05. The van der Waals surface area contributed by atoms with Gasteiger partial charge in [0.15, 0.2) is 11.6 Å². The van der Waals surface area contributed by atoms with Crippen molar-refractivity contribution in [3.63, 3.8) is 0 Å². The molecule has 1 fully saturated rings. The first-order valence-corrected chi connectivity index (χ1v) is 15.9. The number of Topliss-reactive ketones (excluding diaryl/α,β-unsaturated/α-hetero) is 2. The molecule has 1 N–H and O–H groups in total. The van der Waals surface area contributed by atoms with Gasteiger partial charge in [-0.25, -0.2) is 0 Å². The molecule has 0 aliphatic heterocycles. The van der Waals surface area contributed by atoms with Gasteiger partial charge in [-0.3, -0.25) is 9.59 Å². The molecule has 0 bridgehead atoms. The van der Waals surface area contributed by atoms with Crippen molar-refractivity contribution in [1.29, 1.82) is 0 Å². The minimum atomic E-state index is -1.56. The Labute approximate surface area is 268 Å². The SMILES string of the molecule is O=C(c1ccccc1)[C@H]1[C@@H](c2ccc(Br)cc2)[C@H](C(=O)c2ccccc2)[C@@](O)(c2ccccc2)C[C@@H]1c1ccc(Br)cc1. The van der Waals surface area contributed by atoms with Crippen molar-refractivity contribution in [3.05, 3.63) is 176 Å². The number of halogens is 2. The smallest absolute Gasteiger partial charge is 0.169 e. The molecule has 214 valence electrons. The third-order valence-corrected chi connectivity index (χ3v) is 9.81. The monoisotopic (exact) mass is 692 g/mol. The fraction of sp³-hybridized carbons (Fsp3) is 0.158. The highest BCUT2D eigenvalue weighted by molar-refractivity contribution is 9.10. The first-order chi connectivity index (χ1) is 20.9. The van der Waals surface area contributed by atoms with E-state index in [4.69, 9.17) is 0 Å². The van der Waals surface area contributed by atoms with Crippen LogP contribution in [0.5, 0.6) is 0 Å². The molecule has 1 aliphatic rings. The second-order valence-electron chi connectivity index (χ2n) is 11.2. The Kier molecular flexibility index (Phi) is 8.58. The van der Waals surface area contributed by atoms with Crippen LogP contribution in [0.25, 0.3) is 0 Å². The molecule has 5 aromatic rings. The maximum atomic E-state index is 14.7. The Morgan fingerprint density at radius 1 is 0.581 bits per heavy atom. The first-order valence-electron chi connectivity index (χ1n) is 14.3. The molecule has 0 spiro atoms. The summed E-state index contributed by atoms with van der Waals surface area (Å²) in [6.07, 6.45) is 0.207. The number of aliphatic hydroxyl groups is 1. The molecular weight excluding hydrogens is 664 g/mol. The summed E-state index contributed by atoms with van der Waals surface area (Å²) in [6, 6.07) is 43.7. The summed E-state index contributed by atoms with van der Waals surface area (Å²) in [5.74, 6) is -2.77. The zero-order valence-corrected chi connectivity index (χ0v) is 26.5. The molecule has 0 saturated heterocycles. The van der Waals surface area contributed by atoms with E-state index in [9.17, 15) is 14.7 Å². The molecule has 0 unspecified atom stereocenters. The van der Waals surface area contributed by atoms with Gasteiger partial charge < -0.3 is 5.11 Å². The topological polar surface area (TPSA) is 54.4 Å². The van der Waals surface area contributed by atoms with E-state index in [2.05, 4.69) is 31.9 Å². The predicted octanol–water partition coefficient (Wildman–Crippen LogP) is 9.37. The highest BCUT2D eigenvalue weighted by Crippen LogP contribution is 2.58. The number of ketones is 2. The Bertz CT molecular complexity index is 1710. The van der Waals surface area contributed by atoms with Crippen molar-refractivity contribution >= 4 is 43.4 Å². The van der Waals surface area contributed by atoms with E-state index in [1.165, 1.54) is 0 Å². The highest BCUT2D eigenvalue weighted by Gasteiger charge is 2.58. The van der Waals surface area contributed by atoms with Crippen molar-refractivity contribution in [3.8, 4) is 0 Å². The second kappa shape index (κ2) is 12.5. The fourth-order valence-corrected chi connectivity index (χ4v) is 7.32. The zero-order valence-electron chi connectivity index (χ0n) is 23.3. The summed E-state index contributed by atoms with van der Waals surface area (Å²) < 4.78 is 1.82. The summed E-state index contributed by atoms with van der Waals surface area (Å²) in [5.41, 5.74) is 1.99. The van der Waals surface area contributed by atoms with Gasteiger partial charge in [-0.15, -0.1) is 0 Å². The highest BCUT2D eigenvalue weighted by atomic mass is 79.9. The van der Waals surface area contributed by atoms with Crippen LogP contribution in [0.4, 0.5) is 0 Å². The molecule has 5 heteroatoms.